The second-order valence-corrected chi connectivity index (χ2v) is 4.49. The van der Waals surface area contributed by atoms with Gasteiger partial charge in [-0.25, -0.2) is 0 Å². The van der Waals surface area contributed by atoms with Crippen LogP contribution in [0.1, 0.15) is 30.3 Å². The van der Waals surface area contributed by atoms with Gasteiger partial charge < -0.3 is 15.7 Å². The standard InChI is InChI=1S/C10H16N4O2/c1-10(16)2-4-14(5-3-10)9(15)8-7(11)6-12-13-8/h6,16H,2-5,11H2,1H3,(H,12,13). The van der Waals surface area contributed by atoms with Gasteiger partial charge in [0.05, 0.1) is 17.5 Å². The third kappa shape index (κ3) is 2.01. The molecule has 0 atom stereocenters. The Labute approximate surface area is 93.4 Å². The number of likely N-dealkylation sites (tertiary alicyclic amines) is 1. The number of anilines is 1. The van der Waals surface area contributed by atoms with E-state index in [4.69, 9.17) is 5.73 Å². The average molecular weight is 224 g/mol. The number of piperidine rings is 1. The highest BCUT2D eigenvalue weighted by Crippen LogP contribution is 2.22. The van der Waals surface area contributed by atoms with Crippen molar-refractivity contribution in [1.29, 1.82) is 0 Å². The number of aromatic nitrogens is 2. The van der Waals surface area contributed by atoms with Crippen LogP contribution in [0.4, 0.5) is 5.69 Å². The minimum Gasteiger partial charge on any atom is -0.396 e. The zero-order chi connectivity index (χ0) is 11.8. The molecule has 1 aliphatic rings. The lowest BCUT2D eigenvalue weighted by molar-refractivity contribution is -0.00215. The van der Waals surface area contributed by atoms with Gasteiger partial charge in [-0.05, 0) is 19.8 Å². The van der Waals surface area contributed by atoms with Gasteiger partial charge in [0.2, 0.25) is 0 Å². The van der Waals surface area contributed by atoms with E-state index >= 15 is 0 Å². The lowest BCUT2D eigenvalue weighted by atomic mass is 9.94. The van der Waals surface area contributed by atoms with Crippen LogP contribution in [0.2, 0.25) is 0 Å². The first-order valence-corrected chi connectivity index (χ1v) is 5.30. The molecule has 1 saturated heterocycles. The van der Waals surface area contributed by atoms with Crippen LogP contribution >= 0.6 is 0 Å². The second kappa shape index (κ2) is 3.79. The SMILES string of the molecule is CC1(O)CCN(C(=O)c2[nH]ncc2N)CC1. The number of hydrogen-bond donors (Lipinski definition) is 3. The Bertz CT molecular complexity index is 389. The van der Waals surface area contributed by atoms with Gasteiger partial charge in [0, 0.05) is 13.1 Å². The van der Waals surface area contributed by atoms with Crippen molar-refractivity contribution < 1.29 is 9.90 Å². The number of amides is 1. The van der Waals surface area contributed by atoms with E-state index in [0.29, 0.717) is 37.3 Å². The van der Waals surface area contributed by atoms with Gasteiger partial charge in [-0.1, -0.05) is 0 Å². The van der Waals surface area contributed by atoms with E-state index in [1.54, 1.807) is 11.8 Å². The van der Waals surface area contributed by atoms with Crippen LogP contribution < -0.4 is 5.73 Å². The molecule has 6 heteroatoms. The number of carbonyl (C=O) groups is 1. The van der Waals surface area contributed by atoms with Crippen molar-refractivity contribution in [2.24, 2.45) is 0 Å². The number of nitrogens with zero attached hydrogens (tertiary/aromatic N) is 2. The van der Waals surface area contributed by atoms with E-state index in [1.165, 1.54) is 6.20 Å². The molecule has 0 saturated carbocycles. The first kappa shape index (κ1) is 10.9. The van der Waals surface area contributed by atoms with Gasteiger partial charge in [0.25, 0.3) is 5.91 Å². The first-order chi connectivity index (χ1) is 7.49. The van der Waals surface area contributed by atoms with Crippen LogP contribution in [0.3, 0.4) is 0 Å². The molecule has 16 heavy (non-hydrogen) atoms. The Hall–Kier alpha value is -1.56. The van der Waals surface area contributed by atoms with Crippen LogP contribution in [0.15, 0.2) is 6.20 Å². The number of aliphatic hydroxyl groups is 1. The Balaban J connectivity index is 2.05. The van der Waals surface area contributed by atoms with E-state index < -0.39 is 5.60 Å². The Morgan fingerprint density at radius 3 is 2.75 bits per heavy atom. The van der Waals surface area contributed by atoms with Crippen molar-refractivity contribution >= 4 is 11.6 Å². The summed E-state index contributed by atoms with van der Waals surface area (Å²) in [6.45, 7) is 2.88. The van der Waals surface area contributed by atoms with Crippen molar-refractivity contribution in [3.05, 3.63) is 11.9 Å². The summed E-state index contributed by atoms with van der Waals surface area (Å²) in [5, 5.41) is 16.1. The molecule has 0 bridgehead atoms. The zero-order valence-electron chi connectivity index (χ0n) is 9.23. The maximum atomic E-state index is 12.0. The molecule has 0 aliphatic carbocycles. The smallest absolute Gasteiger partial charge is 0.274 e. The summed E-state index contributed by atoms with van der Waals surface area (Å²) in [7, 11) is 0. The predicted octanol–water partition coefficient (Wildman–Crippen LogP) is -0.0211. The third-order valence-electron chi connectivity index (χ3n) is 3.01. The number of carbonyl (C=O) groups excluding carboxylic acids is 1. The molecule has 1 aliphatic heterocycles. The van der Waals surface area contributed by atoms with Gasteiger partial charge in [-0.15, -0.1) is 0 Å². The first-order valence-electron chi connectivity index (χ1n) is 5.30. The van der Waals surface area contributed by atoms with Gasteiger partial charge in [0.15, 0.2) is 0 Å². The van der Waals surface area contributed by atoms with Gasteiger partial charge in [-0.2, -0.15) is 5.10 Å². The fraction of sp³-hybridized carbons (Fsp3) is 0.600. The molecule has 0 unspecified atom stereocenters. The van der Waals surface area contributed by atoms with Crippen molar-refractivity contribution in [3.63, 3.8) is 0 Å². The third-order valence-corrected chi connectivity index (χ3v) is 3.01. The zero-order valence-corrected chi connectivity index (χ0v) is 9.23. The molecule has 0 spiro atoms. The van der Waals surface area contributed by atoms with E-state index in [9.17, 15) is 9.90 Å². The normalized spacial score (nSPS) is 19.8. The van der Waals surface area contributed by atoms with Crippen LogP contribution in [0.5, 0.6) is 0 Å². The Kier molecular flexibility index (Phi) is 2.59. The highest BCUT2D eigenvalue weighted by Gasteiger charge is 2.30. The summed E-state index contributed by atoms with van der Waals surface area (Å²) < 4.78 is 0. The van der Waals surface area contributed by atoms with E-state index in [0.717, 1.165) is 0 Å². The molecule has 1 aromatic rings. The maximum Gasteiger partial charge on any atom is 0.274 e. The maximum absolute atomic E-state index is 12.0. The molecule has 6 nitrogen and oxygen atoms in total. The van der Waals surface area contributed by atoms with Gasteiger partial charge in [0.1, 0.15) is 5.69 Å². The van der Waals surface area contributed by atoms with Crippen molar-refractivity contribution in [3.8, 4) is 0 Å². The fourth-order valence-electron chi connectivity index (χ4n) is 1.82. The largest absolute Gasteiger partial charge is 0.396 e. The molecule has 1 fully saturated rings. The Morgan fingerprint density at radius 2 is 2.25 bits per heavy atom. The van der Waals surface area contributed by atoms with Crippen molar-refractivity contribution in [1.82, 2.24) is 15.1 Å². The number of nitrogens with two attached hydrogens (primary N) is 1. The molecule has 0 aromatic carbocycles. The molecular formula is C10H16N4O2. The van der Waals surface area contributed by atoms with E-state index in [1.807, 2.05) is 0 Å². The van der Waals surface area contributed by atoms with E-state index in [2.05, 4.69) is 10.2 Å². The summed E-state index contributed by atoms with van der Waals surface area (Å²) in [6.07, 6.45) is 2.60. The van der Waals surface area contributed by atoms with Crippen molar-refractivity contribution in [2.45, 2.75) is 25.4 Å². The number of aromatic amines is 1. The molecule has 0 radical (unpaired) electrons. The lowest BCUT2D eigenvalue weighted by Crippen LogP contribution is -2.45. The van der Waals surface area contributed by atoms with Gasteiger partial charge >= 0.3 is 0 Å². The minimum absolute atomic E-state index is 0.148. The van der Waals surface area contributed by atoms with Crippen LogP contribution in [0.25, 0.3) is 0 Å². The van der Waals surface area contributed by atoms with Crippen LogP contribution in [-0.2, 0) is 0 Å². The number of nitrogens with one attached hydrogen (secondary N) is 1. The van der Waals surface area contributed by atoms with Crippen LogP contribution in [-0.4, -0.2) is 44.8 Å². The fourth-order valence-corrected chi connectivity index (χ4v) is 1.82. The number of H-pyrrole nitrogens is 1. The average Bonchev–Trinajstić information content (AvgIpc) is 2.63. The molecular weight excluding hydrogens is 208 g/mol. The predicted molar refractivity (Wildman–Crippen MR) is 58.8 cm³/mol. The molecule has 1 amide bonds. The second-order valence-electron chi connectivity index (χ2n) is 4.49. The lowest BCUT2D eigenvalue weighted by Gasteiger charge is -2.35. The summed E-state index contributed by atoms with van der Waals surface area (Å²) in [5.41, 5.74) is 5.65. The summed E-state index contributed by atoms with van der Waals surface area (Å²) in [6, 6.07) is 0. The highest BCUT2D eigenvalue weighted by atomic mass is 16.3. The number of rotatable bonds is 1. The molecule has 1 aromatic heterocycles. The van der Waals surface area contributed by atoms with E-state index in [-0.39, 0.29) is 5.91 Å². The summed E-state index contributed by atoms with van der Waals surface area (Å²) in [5.74, 6) is -0.148. The summed E-state index contributed by atoms with van der Waals surface area (Å²) >= 11 is 0. The monoisotopic (exact) mass is 224 g/mol. The Morgan fingerprint density at radius 1 is 1.62 bits per heavy atom. The highest BCUT2D eigenvalue weighted by molar-refractivity contribution is 5.97. The number of hydrogen-bond acceptors (Lipinski definition) is 4. The molecule has 2 rings (SSSR count). The molecule has 88 valence electrons. The quantitative estimate of drug-likeness (QED) is 0.624. The van der Waals surface area contributed by atoms with Gasteiger partial charge in [-0.3, -0.25) is 9.89 Å². The topological polar surface area (TPSA) is 95.2 Å². The number of nitrogen functional groups attached to an aromatic ring is 1. The van der Waals surface area contributed by atoms with Crippen LogP contribution in [0, 0.1) is 0 Å². The van der Waals surface area contributed by atoms with Crippen molar-refractivity contribution in [2.75, 3.05) is 18.8 Å². The molecule has 4 N–H and O–H groups in total. The summed E-state index contributed by atoms with van der Waals surface area (Å²) in [4.78, 5) is 13.7. The minimum atomic E-state index is -0.656. The molecule has 2 heterocycles.